The second-order valence-electron chi connectivity index (χ2n) is 4.72. The molecule has 3 aromatic rings. The summed E-state index contributed by atoms with van der Waals surface area (Å²) in [7, 11) is 0. The van der Waals surface area contributed by atoms with Gasteiger partial charge in [-0.3, -0.25) is 4.79 Å². The number of amides is 1. The lowest BCUT2D eigenvalue weighted by Gasteiger charge is -2.09. The van der Waals surface area contributed by atoms with Crippen LogP contribution in [0.2, 0.25) is 0 Å². The van der Waals surface area contributed by atoms with E-state index < -0.39 is 34.7 Å². The van der Waals surface area contributed by atoms with Crippen LogP contribution in [0.15, 0.2) is 47.2 Å². The summed E-state index contributed by atoms with van der Waals surface area (Å²) in [6.07, 6.45) is 2.77. The summed E-state index contributed by atoms with van der Waals surface area (Å²) in [6, 6.07) is 6.05. The van der Waals surface area contributed by atoms with Crippen LogP contribution in [0.5, 0.6) is 0 Å². The number of oxazole rings is 1. The lowest BCUT2D eigenvalue weighted by molar-refractivity contribution is 0.101. The Labute approximate surface area is 132 Å². The van der Waals surface area contributed by atoms with Crippen molar-refractivity contribution in [3.05, 3.63) is 71.6 Å². The van der Waals surface area contributed by atoms with E-state index in [4.69, 9.17) is 4.42 Å². The largest absolute Gasteiger partial charge is 0.445 e. The van der Waals surface area contributed by atoms with Crippen molar-refractivity contribution >= 4 is 11.6 Å². The standard InChI is InChI=1S/C16H8F4N2O2/c17-10-7-11(18)14(20)12(13(10)19)15(23)22-9-3-1-2-8(6-9)16-21-4-5-24-16/h1-7H,(H,22,23). The van der Waals surface area contributed by atoms with Crippen LogP contribution in [-0.2, 0) is 0 Å². The third-order valence-corrected chi connectivity index (χ3v) is 3.14. The molecular formula is C16H8F4N2O2. The molecule has 0 aliphatic rings. The first-order valence-electron chi connectivity index (χ1n) is 6.61. The van der Waals surface area contributed by atoms with Gasteiger partial charge in [0.25, 0.3) is 5.91 Å². The molecule has 1 aromatic heterocycles. The molecule has 0 unspecified atom stereocenters. The second-order valence-corrected chi connectivity index (χ2v) is 4.72. The number of nitrogens with one attached hydrogen (secondary N) is 1. The summed E-state index contributed by atoms with van der Waals surface area (Å²) in [6.45, 7) is 0. The predicted molar refractivity (Wildman–Crippen MR) is 76.2 cm³/mol. The Morgan fingerprint density at radius 1 is 1.04 bits per heavy atom. The average molecular weight is 336 g/mol. The first-order chi connectivity index (χ1) is 11.5. The molecule has 1 N–H and O–H groups in total. The van der Waals surface area contributed by atoms with Crippen molar-refractivity contribution in [2.75, 3.05) is 5.32 Å². The zero-order valence-electron chi connectivity index (χ0n) is 11.8. The van der Waals surface area contributed by atoms with Crippen molar-refractivity contribution in [3.8, 4) is 11.5 Å². The molecule has 0 saturated carbocycles. The molecule has 0 fully saturated rings. The van der Waals surface area contributed by atoms with E-state index >= 15 is 0 Å². The van der Waals surface area contributed by atoms with Crippen LogP contribution in [0.1, 0.15) is 10.4 Å². The van der Waals surface area contributed by atoms with Gasteiger partial charge >= 0.3 is 0 Å². The number of halogens is 4. The molecule has 122 valence electrons. The lowest BCUT2D eigenvalue weighted by atomic mass is 10.1. The second kappa shape index (κ2) is 6.15. The molecule has 3 rings (SSSR count). The van der Waals surface area contributed by atoms with Gasteiger partial charge in [0.1, 0.15) is 11.8 Å². The van der Waals surface area contributed by atoms with Gasteiger partial charge in [0, 0.05) is 17.3 Å². The number of carbonyl (C=O) groups excluding carboxylic acids is 1. The van der Waals surface area contributed by atoms with Crippen molar-refractivity contribution in [1.82, 2.24) is 4.98 Å². The predicted octanol–water partition coefficient (Wildman–Crippen LogP) is 4.15. The van der Waals surface area contributed by atoms with E-state index in [2.05, 4.69) is 10.3 Å². The van der Waals surface area contributed by atoms with Gasteiger partial charge < -0.3 is 9.73 Å². The Balaban J connectivity index is 1.93. The smallest absolute Gasteiger partial charge is 0.261 e. The monoisotopic (exact) mass is 336 g/mol. The van der Waals surface area contributed by atoms with E-state index in [0.29, 0.717) is 5.56 Å². The van der Waals surface area contributed by atoms with Crippen LogP contribution >= 0.6 is 0 Å². The molecular weight excluding hydrogens is 328 g/mol. The molecule has 0 bridgehead atoms. The number of hydrogen-bond donors (Lipinski definition) is 1. The third kappa shape index (κ3) is 2.85. The van der Waals surface area contributed by atoms with Crippen molar-refractivity contribution < 1.29 is 26.8 Å². The number of rotatable bonds is 3. The Morgan fingerprint density at radius 2 is 1.75 bits per heavy atom. The number of anilines is 1. The molecule has 1 amide bonds. The maximum Gasteiger partial charge on any atom is 0.261 e. The van der Waals surface area contributed by atoms with Gasteiger partial charge in [-0.15, -0.1) is 0 Å². The molecule has 0 aliphatic heterocycles. The third-order valence-electron chi connectivity index (χ3n) is 3.14. The highest BCUT2D eigenvalue weighted by Gasteiger charge is 2.25. The van der Waals surface area contributed by atoms with E-state index in [1.54, 1.807) is 6.07 Å². The zero-order valence-corrected chi connectivity index (χ0v) is 11.8. The highest BCUT2D eigenvalue weighted by molar-refractivity contribution is 6.04. The maximum atomic E-state index is 13.6. The van der Waals surface area contributed by atoms with E-state index in [0.717, 1.165) is 0 Å². The minimum atomic E-state index is -1.77. The summed E-state index contributed by atoms with van der Waals surface area (Å²) >= 11 is 0. The summed E-state index contributed by atoms with van der Waals surface area (Å²) < 4.78 is 58.7. The summed E-state index contributed by atoms with van der Waals surface area (Å²) in [5, 5.41) is 2.17. The van der Waals surface area contributed by atoms with Crippen molar-refractivity contribution in [1.29, 1.82) is 0 Å². The molecule has 4 nitrogen and oxygen atoms in total. The van der Waals surface area contributed by atoms with Gasteiger partial charge in [-0.05, 0) is 18.2 Å². The Kier molecular flexibility index (Phi) is 4.03. The van der Waals surface area contributed by atoms with E-state index in [1.165, 1.54) is 30.7 Å². The molecule has 0 radical (unpaired) electrons. The molecule has 2 aromatic carbocycles. The van der Waals surface area contributed by atoms with Crippen LogP contribution in [0.25, 0.3) is 11.5 Å². The summed E-state index contributed by atoms with van der Waals surface area (Å²) in [5.41, 5.74) is -0.711. The Hall–Kier alpha value is -3.16. The minimum Gasteiger partial charge on any atom is -0.445 e. The molecule has 0 saturated heterocycles. The minimum absolute atomic E-state index is 0.0324. The number of carbonyl (C=O) groups is 1. The van der Waals surface area contributed by atoms with Gasteiger partial charge in [0.05, 0.1) is 6.20 Å². The van der Waals surface area contributed by atoms with Crippen LogP contribution < -0.4 is 5.32 Å². The molecule has 24 heavy (non-hydrogen) atoms. The average Bonchev–Trinajstić information content (AvgIpc) is 3.08. The van der Waals surface area contributed by atoms with E-state index in [-0.39, 0.29) is 17.6 Å². The maximum absolute atomic E-state index is 13.6. The first kappa shape index (κ1) is 15.7. The summed E-state index contributed by atoms with van der Waals surface area (Å²) in [4.78, 5) is 15.9. The lowest BCUT2D eigenvalue weighted by Crippen LogP contribution is -2.18. The number of hydrogen-bond acceptors (Lipinski definition) is 3. The zero-order chi connectivity index (χ0) is 17.3. The number of benzene rings is 2. The van der Waals surface area contributed by atoms with Crippen LogP contribution in [0.3, 0.4) is 0 Å². The molecule has 0 aliphatic carbocycles. The van der Waals surface area contributed by atoms with E-state index in [9.17, 15) is 22.4 Å². The topological polar surface area (TPSA) is 55.1 Å². The SMILES string of the molecule is O=C(Nc1cccc(-c2ncco2)c1)c1c(F)c(F)cc(F)c1F. The fourth-order valence-corrected chi connectivity index (χ4v) is 2.06. The van der Waals surface area contributed by atoms with Gasteiger partial charge in [-0.25, -0.2) is 22.5 Å². The summed E-state index contributed by atoms with van der Waals surface area (Å²) in [5.74, 6) is -7.92. The van der Waals surface area contributed by atoms with Gasteiger partial charge in [0.2, 0.25) is 5.89 Å². The Bertz CT molecular complexity index is 884. The normalized spacial score (nSPS) is 10.7. The Morgan fingerprint density at radius 3 is 2.38 bits per heavy atom. The number of aromatic nitrogens is 1. The van der Waals surface area contributed by atoms with E-state index in [1.807, 2.05) is 0 Å². The van der Waals surface area contributed by atoms with Gasteiger partial charge in [-0.1, -0.05) is 6.07 Å². The molecule has 0 spiro atoms. The van der Waals surface area contributed by atoms with Crippen molar-refractivity contribution in [2.24, 2.45) is 0 Å². The molecule has 1 heterocycles. The molecule has 8 heteroatoms. The highest BCUT2D eigenvalue weighted by Crippen LogP contribution is 2.23. The van der Waals surface area contributed by atoms with Gasteiger partial charge in [0.15, 0.2) is 23.3 Å². The van der Waals surface area contributed by atoms with Crippen LogP contribution in [0, 0.1) is 23.3 Å². The fraction of sp³-hybridized carbons (Fsp3) is 0. The molecule has 0 atom stereocenters. The number of nitrogens with zero attached hydrogens (tertiary/aromatic N) is 1. The first-order valence-corrected chi connectivity index (χ1v) is 6.61. The van der Waals surface area contributed by atoms with Gasteiger partial charge in [-0.2, -0.15) is 0 Å². The van der Waals surface area contributed by atoms with Crippen LogP contribution in [0.4, 0.5) is 23.2 Å². The van der Waals surface area contributed by atoms with Crippen LogP contribution in [-0.4, -0.2) is 10.9 Å². The fourth-order valence-electron chi connectivity index (χ4n) is 2.06. The van der Waals surface area contributed by atoms with Crippen molar-refractivity contribution in [3.63, 3.8) is 0 Å². The van der Waals surface area contributed by atoms with Crippen molar-refractivity contribution in [2.45, 2.75) is 0 Å². The highest BCUT2D eigenvalue weighted by atomic mass is 19.2. The quantitative estimate of drug-likeness (QED) is 0.577.